The van der Waals surface area contributed by atoms with E-state index in [2.05, 4.69) is 0 Å². The number of rotatable bonds is 2. The van der Waals surface area contributed by atoms with Crippen molar-refractivity contribution >= 4 is 18.5 Å². The van der Waals surface area contributed by atoms with Gasteiger partial charge < -0.3 is 14.2 Å². The Hall–Kier alpha value is -1.33. The first-order chi connectivity index (χ1) is 10.1. The molecule has 1 fully saturated rings. The maximum atomic E-state index is 12.5. The second kappa shape index (κ2) is 4.83. The highest BCUT2D eigenvalue weighted by atomic mass is 16.7. The largest absolute Gasteiger partial charge is 0.494 e. The molecule has 0 radical (unpaired) electrons. The number of carbonyl (C=O) groups excluding carboxylic acids is 1. The van der Waals surface area contributed by atoms with E-state index in [1.807, 2.05) is 64.6 Å². The molecular formula is C17H24BNO3. The highest BCUT2D eigenvalue weighted by molar-refractivity contribution is 6.62. The van der Waals surface area contributed by atoms with Crippen molar-refractivity contribution < 1.29 is 14.1 Å². The molecule has 1 aromatic rings. The van der Waals surface area contributed by atoms with Crippen molar-refractivity contribution in [1.29, 1.82) is 0 Å². The first kappa shape index (κ1) is 15.6. The molecule has 0 bridgehead atoms. The number of benzene rings is 1. The van der Waals surface area contributed by atoms with Crippen LogP contribution >= 0.6 is 0 Å². The summed E-state index contributed by atoms with van der Waals surface area (Å²) in [6.45, 7) is 12.9. The lowest BCUT2D eigenvalue weighted by atomic mass is 9.78. The Morgan fingerprint density at radius 3 is 2.27 bits per heavy atom. The van der Waals surface area contributed by atoms with Crippen LogP contribution in [0.25, 0.3) is 0 Å². The van der Waals surface area contributed by atoms with E-state index in [0.717, 1.165) is 16.6 Å². The molecule has 2 aliphatic rings. The van der Waals surface area contributed by atoms with Crippen LogP contribution in [0.15, 0.2) is 18.2 Å². The average molecular weight is 301 g/mol. The van der Waals surface area contributed by atoms with Gasteiger partial charge in [-0.15, -0.1) is 0 Å². The van der Waals surface area contributed by atoms with Gasteiger partial charge in [0.1, 0.15) is 0 Å². The Bertz CT molecular complexity index is 608. The monoisotopic (exact) mass is 301 g/mol. The first-order valence-electron chi connectivity index (χ1n) is 7.92. The van der Waals surface area contributed by atoms with Gasteiger partial charge in [0, 0.05) is 18.2 Å². The normalized spacial score (nSPS) is 22.6. The van der Waals surface area contributed by atoms with E-state index < -0.39 is 7.12 Å². The molecule has 0 saturated carbocycles. The molecule has 22 heavy (non-hydrogen) atoms. The lowest BCUT2D eigenvalue weighted by Gasteiger charge is -2.32. The van der Waals surface area contributed by atoms with Gasteiger partial charge in [-0.05, 0) is 58.6 Å². The molecule has 118 valence electrons. The van der Waals surface area contributed by atoms with Crippen LogP contribution in [0.4, 0.5) is 0 Å². The summed E-state index contributed by atoms with van der Waals surface area (Å²) in [4.78, 5) is 14.4. The number of nitrogens with zero attached hydrogens (tertiary/aromatic N) is 1. The number of hydrogen-bond acceptors (Lipinski definition) is 3. The second-order valence-corrected chi connectivity index (χ2v) is 7.53. The predicted octanol–water partition coefficient (Wildman–Crippen LogP) is 2.35. The second-order valence-electron chi connectivity index (χ2n) is 7.53. The van der Waals surface area contributed by atoms with Gasteiger partial charge in [-0.25, -0.2) is 0 Å². The van der Waals surface area contributed by atoms with Gasteiger partial charge in [-0.3, -0.25) is 4.79 Å². The molecule has 2 heterocycles. The molecule has 1 aromatic carbocycles. The number of amides is 1. The third-order valence-corrected chi connectivity index (χ3v) is 5.11. The zero-order valence-electron chi connectivity index (χ0n) is 14.3. The molecule has 1 saturated heterocycles. The summed E-state index contributed by atoms with van der Waals surface area (Å²) in [6, 6.07) is 6.18. The fourth-order valence-electron chi connectivity index (χ4n) is 2.88. The van der Waals surface area contributed by atoms with Gasteiger partial charge >= 0.3 is 7.12 Å². The fraction of sp³-hybridized carbons (Fsp3) is 0.588. The molecule has 0 unspecified atom stereocenters. The van der Waals surface area contributed by atoms with Gasteiger partial charge in [0.2, 0.25) is 0 Å². The zero-order chi connectivity index (χ0) is 16.3. The van der Waals surface area contributed by atoms with Gasteiger partial charge in [0.15, 0.2) is 0 Å². The van der Waals surface area contributed by atoms with Crippen molar-refractivity contribution in [3.05, 3.63) is 29.3 Å². The highest BCUT2D eigenvalue weighted by Crippen LogP contribution is 2.36. The Balaban J connectivity index is 1.90. The van der Waals surface area contributed by atoms with Crippen molar-refractivity contribution in [2.45, 2.75) is 65.3 Å². The topological polar surface area (TPSA) is 38.8 Å². The van der Waals surface area contributed by atoms with E-state index in [0.29, 0.717) is 6.54 Å². The van der Waals surface area contributed by atoms with E-state index in [4.69, 9.17) is 9.31 Å². The van der Waals surface area contributed by atoms with Gasteiger partial charge in [-0.2, -0.15) is 0 Å². The standard InChI is InChI=1S/C17H24BNO3/c1-11(2)19-10-12-7-8-13(9-14(12)15(19)20)18-21-16(3,4)17(5,6)22-18/h7-9,11H,10H2,1-6H3. The maximum absolute atomic E-state index is 12.5. The van der Waals surface area contributed by atoms with Crippen LogP contribution in [0.2, 0.25) is 0 Å². The third-order valence-electron chi connectivity index (χ3n) is 5.11. The van der Waals surface area contributed by atoms with E-state index in [1.54, 1.807) is 0 Å². The van der Waals surface area contributed by atoms with Crippen molar-refractivity contribution in [1.82, 2.24) is 4.90 Å². The summed E-state index contributed by atoms with van der Waals surface area (Å²) in [6.07, 6.45) is 0. The Labute approximate surface area is 132 Å². The summed E-state index contributed by atoms with van der Waals surface area (Å²) in [5.41, 5.74) is 2.03. The summed E-state index contributed by atoms with van der Waals surface area (Å²) in [5.74, 6) is 0.100. The summed E-state index contributed by atoms with van der Waals surface area (Å²) < 4.78 is 12.1. The van der Waals surface area contributed by atoms with Crippen LogP contribution in [0.5, 0.6) is 0 Å². The summed E-state index contributed by atoms with van der Waals surface area (Å²) in [5, 5.41) is 0. The fourth-order valence-corrected chi connectivity index (χ4v) is 2.88. The highest BCUT2D eigenvalue weighted by Gasteiger charge is 2.52. The molecule has 0 spiro atoms. The summed E-state index contributed by atoms with van der Waals surface area (Å²) >= 11 is 0. The van der Waals surface area contributed by atoms with Crippen LogP contribution in [-0.4, -0.2) is 35.2 Å². The SMILES string of the molecule is CC(C)N1Cc2ccc(B3OC(C)(C)C(C)(C)O3)cc2C1=O. The average Bonchev–Trinajstić information content (AvgIpc) is 2.84. The molecule has 0 aliphatic carbocycles. The smallest absolute Gasteiger partial charge is 0.399 e. The van der Waals surface area contributed by atoms with Crippen LogP contribution in [0.3, 0.4) is 0 Å². The summed E-state index contributed by atoms with van der Waals surface area (Å²) in [7, 11) is -0.420. The lowest BCUT2D eigenvalue weighted by molar-refractivity contribution is 0.00578. The third kappa shape index (κ3) is 2.27. The van der Waals surface area contributed by atoms with E-state index in [9.17, 15) is 4.79 Å². The maximum Gasteiger partial charge on any atom is 0.494 e. The zero-order valence-corrected chi connectivity index (χ0v) is 14.3. The Kier molecular flexibility index (Phi) is 3.42. The van der Waals surface area contributed by atoms with Crippen LogP contribution in [0.1, 0.15) is 57.5 Å². The minimum absolute atomic E-state index is 0.100. The van der Waals surface area contributed by atoms with E-state index in [1.165, 1.54) is 0 Å². The molecule has 3 rings (SSSR count). The molecule has 5 heteroatoms. The van der Waals surface area contributed by atoms with Crippen molar-refractivity contribution in [2.75, 3.05) is 0 Å². The van der Waals surface area contributed by atoms with Gasteiger partial charge in [-0.1, -0.05) is 12.1 Å². The molecule has 0 aromatic heterocycles. The van der Waals surface area contributed by atoms with Crippen molar-refractivity contribution in [3.8, 4) is 0 Å². The Morgan fingerprint density at radius 1 is 1.14 bits per heavy atom. The van der Waals surface area contributed by atoms with Gasteiger partial charge in [0.25, 0.3) is 5.91 Å². The van der Waals surface area contributed by atoms with Crippen LogP contribution < -0.4 is 5.46 Å². The predicted molar refractivity (Wildman–Crippen MR) is 87.2 cm³/mol. The molecule has 4 nitrogen and oxygen atoms in total. The molecular weight excluding hydrogens is 277 g/mol. The number of carbonyl (C=O) groups is 1. The van der Waals surface area contributed by atoms with Gasteiger partial charge in [0.05, 0.1) is 11.2 Å². The molecule has 2 aliphatic heterocycles. The first-order valence-corrected chi connectivity index (χ1v) is 7.92. The lowest BCUT2D eigenvalue weighted by Crippen LogP contribution is -2.41. The van der Waals surface area contributed by atoms with Crippen molar-refractivity contribution in [2.24, 2.45) is 0 Å². The molecule has 0 N–H and O–H groups in total. The van der Waals surface area contributed by atoms with E-state index >= 15 is 0 Å². The van der Waals surface area contributed by atoms with Crippen LogP contribution in [-0.2, 0) is 15.9 Å². The van der Waals surface area contributed by atoms with Crippen LogP contribution in [0, 0.1) is 0 Å². The Morgan fingerprint density at radius 2 is 1.73 bits per heavy atom. The minimum atomic E-state index is -0.420. The molecule has 1 amide bonds. The van der Waals surface area contributed by atoms with E-state index in [-0.39, 0.29) is 23.2 Å². The number of fused-ring (bicyclic) bond motifs is 1. The van der Waals surface area contributed by atoms with Crippen molar-refractivity contribution in [3.63, 3.8) is 0 Å². The quantitative estimate of drug-likeness (QED) is 0.787. The molecule has 0 atom stereocenters. The minimum Gasteiger partial charge on any atom is -0.399 e. The number of hydrogen-bond donors (Lipinski definition) is 0.